The lowest BCUT2D eigenvalue weighted by Crippen LogP contribution is -1.95. The molecule has 1 aliphatic rings. The highest BCUT2D eigenvalue weighted by Crippen LogP contribution is 2.74. The molecule has 112 valence electrons. The summed E-state index contributed by atoms with van der Waals surface area (Å²) in [4.78, 5) is 0. The fourth-order valence-corrected chi connectivity index (χ4v) is 3.62. The largest absolute Gasteiger partial charge is 0.367 e. The van der Waals surface area contributed by atoms with Crippen molar-refractivity contribution in [3.8, 4) is 11.1 Å². The van der Waals surface area contributed by atoms with Crippen molar-refractivity contribution in [2.45, 2.75) is 33.6 Å². The van der Waals surface area contributed by atoms with Crippen LogP contribution in [0.25, 0.3) is 11.1 Å². The Hall–Kier alpha value is -1.55. The van der Waals surface area contributed by atoms with E-state index in [9.17, 15) is 4.39 Å². The molecule has 1 aromatic carbocycles. The van der Waals surface area contributed by atoms with Gasteiger partial charge in [0.1, 0.15) is 5.82 Å². The zero-order valence-electron chi connectivity index (χ0n) is 12.5. The molecule has 3 nitrogen and oxygen atoms in total. The van der Waals surface area contributed by atoms with E-state index < -0.39 is 0 Å². The van der Waals surface area contributed by atoms with Crippen LogP contribution in [0.15, 0.2) is 22.7 Å². The molecule has 2 N–H and O–H groups in total. The Labute approximate surface area is 128 Å². The molecule has 0 bridgehead atoms. The number of hydrogen-bond acceptors (Lipinski definition) is 3. The minimum absolute atomic E-state index is 0.0948. The van der Waals surface area contributed by atoms with Crippen molar-refractivity contribution >= 4 is 17.5 Å². The third-order valence-electron chi connectivity index (χ3n) is 5.24. The van der Waals surface area contributed by atoms with Crippen LogP contribution in [0, 0.1) is 16.6 Å². The van der Waals surface area contributed by atoms with Crippen molar-refractivity contribution in [2.24, 2.45) is 10.8 Å². The highest BCUT2D eigenvalue weighted by Gasteiger charge is 2.67. The summed E-state index contributed by atoms with van der Waals surface area (Å²) in [5, 5.41) is 4.46. The van der Waals surface area contributed by atoms with Crippen LogP contribution in [0.4, 0.5) is 10.3 Å². The molecule has 0 atom stereocenters. The van der Waals surface area contributed by atoms with Gasteiger partial charge in [-0.2, -0.15) is 0 Å². The number of nitrogens with zero attached hydrogens (tertiary/aromatic N) is 1. The molecule has 1 aromatic heterocycles. The average molecular weight is 309 g/mol. The van der Waals surface area contributed by atoms with E-state index in [1.165, 1.54) is 12.1 Å². The maximum Gasteiger partial charge on any atom is 0.230 e. The van der Waals surface area contributed by atoms with Crippen LogP contribution in [0.5, 0.6) is 0 Å². The van der Waals surface area contributed by atoms with Gasteiger partial charge in [0.15, 0.2) is 0 Å². The van der Waals surface area contributed by atoms with Crippen molar-refractivity contribution in [1.82, 2.24) is 5.16 Å². The van der Waals surface area contributed by atoms with Crippen LogP contribution in [0.1, 0.15) is 39.3 Å². The Morgan fingerprint density at radius 3 is 2.38 bits per heavy atom. The smallest absolute Gasteiger partial charge is 0.230 e. The summed E-state index contributed by atoms with van der Waals surface area (Å²) in [6.45, 7) is 8.77. The number of aromatic nitrogens is 1. The Balaban J connectivity index is 2.15. The number of anilines is 1. The first kappa shape index (κ1) is 14.4. The zero-order valence-corrected chi connectivity index (χ0v) is 13.3. The normalized spacial score (nSPS) is 19.7. The maximum absolute atomic E-state index is 13.3. The molecule has 0 unspecified atom stereocenters. The molecule has 0 amide bonds. The predicted octanol–water partition coefficient (Wildman–Crippen LogP) is 4.87. The lowest BCUT2D eigenvalue weighted by molar-refractivity contribution is 0.423. The SMILES string of the molecule is CC1(C)C(c2noc(N)c2-c2ccc(F)cc2Cl)C1(C)C. The van der Waals surface area contributed by atoms with Gasteiger partial charge in [-0.05, 0) is 29.0 Å². The maximum atomic E-state index is 13.3. The fourth-order valence-electron chi connectivity index (χ4n) is 3.36. The van der Waals surface area contributed by atoms with Crippen LogP contribution in [0.2, 0.25) is 5.02 Å². The van der Waals surface area contributed by atoms with Gasteiger partial charge in [0.25, 0.3) is 0 Å². The molecule has 21 heavy (non-hydrogen) atoms. The zero-order chi connectivity index (χ0) is 15.6. The van der Waals surface area contributed by atoms with E-state index in [-0.39, 0.29) is 28.4 Å². The van der Waals surface area contributed by atoms with Crippen molar-refractivity contribution in [2.75, 3.05) is 5.73 Å². The molecule has 0 radical (unpaired) electrons. The molecular weight excluding hydrogens is 291 g/mol. The molecule has 3 rings (SSSR count). The second-order valence-corrected chi connectivity index (χ2v) is 7.21. The number of nitrogen functional groups attached to an aromatic ring is 1. The van der Waals surface area contributed by atoms with Crippen LogP contribution < -0.4 is 5.73 Å². The molecule has 5 heteroatoms. The van der Waals surface area contributed by atoms with Gasteiger partial charge in [0, 0.05) is 11.5 Å². The average Bonchev–Trinajstić information content (AvgIpc) is 2.65. The summed E-state index contributed by atoms with van der Waals surface area (Å²) in [6, 6.07) is 4.25. The molecule has 1 fully saturated rings. The fraction of sp³-hybridized carbons (Fsp3) is 0.438. The van der Waals surface area contributed by atoms with E-state index in [0.717, 1.165) is 5.69 Å². The predicted molar refractivity (Wildman–Crippen MR) is 81.6 cm³/mol. The highest BCUT2D eigenvalue weighted by molar-refractivity contribution is 6.33. The lowest BCUT2D eigenvalue weighted by atomic mass is 9.99. The summed E-state index contributed by atoms with van der Waals surface area (Å²) < 4.78 is 18.5. The summed E-state index contributed by atoms with van der Waals surface area (Å²) in [5.74, 6) is 0.0617. The lowest BCUT2D eigenvalue weighted by Gasteiger charge is -2.06. The van der Waals surface area contributed by atoms with E-state index >= 15 is 0 Å². The van der Waals surface area contributed by atoms with Gasteiger partial charge in [-0.25, -0.2) is 4.39 Å². The molecule has 0 saturated heterocycles. The summed E-state index contributed by atoms with van der Waals surface area (Å²) >= 11 is 6.17. The van der Waals surface area contributed by atoms with E-state index in [1.54, 1.807) is 6.07 Å². The van der Waals surface area contributed by atoms with Crippen molar-refractivity contribution in [1.29, 1.82) is 0 Å². The summed E-state index contributed by atoms with van der Waals surface area (Å²) in [5.41, 5.74) is 8.27. The molecule has 2 aromatic rings. The standard InChI is InChI=1S/C16H18ClFN2O/c1-15(2)13(16(15,3)4)12-11(14(19)21-20-12)9-6-5-8(18)7-10(9)17/h5-7,13H,19H2,1-4H3. The summed E-state index contributed by atoms with van der Waals surface area (Å²) in [6.07, 6.45) is 0. The van der Waals surface area contributed by atoms with Crippen LogP contribution in [-0.2, 0) is 0 Å². The second-order valence-electron chi connectivity index (χ2n) is 6.81. The van der Waals surface area contributed by atoms with Gasteiger partial charge in [-0.3, -0.25) is 0 Å². The van der Waals surface area contributed by atoms with E-state index in [2.05, 4.69) is 32.9 Å². The van der Waals surface area contributed by atoms with Crippen molar-refractivity contribution in [3.05, 3.63) is 34.7 Å². The third-order valence-corrected chi connectivity index (χ3v) is 5.55. The Morgan fingerprint density at radius 1 is 1.24 bits per heavy atom. The molecule has 0 spiro atoms. The van der Waals surface area contributed by atoms with Gasteiger partial charge in [0.05, 0.1) is 16.3 Å². The first-order valence-corrected chi connectivity index (χ1v) is 7.26. The number of benzene rings is 1. The number of rotatable bonds is 2. The number of halogens is 2. The first-order valence-electron chi connectivity index (χ1n) is 6.88. The van der Waals surface area contributed by atoms with Crippen molar-refractivity contribution < 1.29 is 8.91 Å². The van der Waals surface area contributed by atoms with Crippen molar-refractivity contribution in [3.63, 3.8) is 0 Å². The van der Waals surface area contributed by atoms with Gasteiger partial charge in [-0.15, -0.1) is 0 Å². The first-order chi connectivity index (χ1) is 9.68. The van der Waals surface area contributed by atoms with Gasteiger partial charge in [0.2, 0.25) is 5.88 Å². The van der Waals surface area contributed by atoms with Crippen LogP contribution in [-0.4, -0.2) is 5.16 Å². The Kier molecular flexibility index (Phi) is 2.90. The Morgan fingerprint density at radius 2 is 1.86 bits per heavy atom. The van der Waals surface area contributed by atoms with E-state index in [1.807, 2.05) is 0 Å². The molecule has 1 saturated carbocycles. The highest BCUT2D eigenvalue weighted by atomic mass is 35.5. The monoisotopic (exact) mass is 308 g/mol. The summed E-state index contributed by atoms with van der Waals surface area (Å²) in [7, 11) is 0. The van der Waals surface area contributed by atoms with Gasteiger partial charge >= 0.3 is 0 Å². The minimum Gasteiger partial charge on any atom is -0.367 e. The minimum atomic E-state index is -0.382. The van der Waals surface area contributed by atoms with Gasteiger partial charge in [-0.1, -0.05) is 44.5 Å². The van der Waals surface area contributed by atoms with Gasteiger partial charge < -0.3 is 10.3 Å². The van der Waals surface area contributed by atoms with Crippen LogP contribution >= 0.6 is 11.6 Å². The van der Waals surface area contributed by atoms with Crippen LogP contribution in [0.3, 0.4) is 0 Å². The third kappa shape index (κ3) is 1.89. The number of nitrogens with two attached hydrogens (primary N) is 1. The molecule has 0 aliphatic heterocycles. The molecule has 1 heterocycles. The topological polar surface area (TPSA) is 52.0 Å². The molecular formula is C16H18ClFN2O. The van der Waals surface area contributed by atoms with E-state index in [4.69, 9.17) is 21.9 Å². The second kappa shape index (κ2) is 4.23. The van der Waals surface area contributed by atoms with E-state index in [0.29, 0.717) is 16.1 Å². The Bertz CT molecular complexity index is 707. The number of hydrogen-bond donors (Lipinski definition) is 1. The molecule has 1 aliphatic carbocycles. The quantitative estimate of drug-likeness (QED) is 0.861.